The SMILES string of the molecule is Cc1c(NCc2ccc(N3CCOC(C)C3)nc2)nn2c(C(F)(F)F)nnc2c1C. The van der Waals surface area contributed by atoms with Crippen LogP contribution >= 0.6 is 0 Å². The van der Waals surface area contributed by atoms with Crippen molar-refractivity contribution in [3.05, 3.63) is 40.8 Å². The number of hydrogen-bond donors (Lipinski definition) is 1. The highest BCUT2D eigenvalue weighted by Crippen LogP contribution is 2.29. The molecule has 3 aromatic heterocycles. The molecule has 1 unspecified atom stereocenters. The van der Waals surface area contributed by atoms with Gasteiger partial charge in [0.15, 0.2) is 11.5 Å². The fourth-order valence-corrected chi connectivity index (χ4v) is 3.39. The fourth-order valence-electron chi connectivity index (χ4n) is 3.39. The zero-order chi connectivity index (χ0) is 21.5. The van der Waals surface area contributed by atoms with Gasteiger partial charge in [0.25, 0.3) is 5.82 Å². The van der Waals surface area contributed by atoms with Gasteiger partial charge in [0.05, 0.1) is 12.7 Å². The summed E-state index contributed by atoms with van der Waals surface area (Å²) in [4.78, 5) is 6.68. The molecule has 11 heteroatoms. The highest BCUT2D eigenvalue weighted by atomic mass is 19.4. The van der Waals surface area contributed by atoms with Crippen LogP contribution in [0.15, 0.2) is 18.3 Å². The summed E-state index contributed by atoms with van der Waals surface area (Å²) < 4.78 is 45.8. The average Bonchev–Trinajstić information content (AvgIpc) is 3.14. The number of aromatic nitrogens is 5. The third-order valence-electron chi connectivity index (χ3n) is 5.18. The number of alkyl halides is 3. The number of rotatable bonds is 4. The van der Waals surface area contributed by atoms with Crippen molar-refractivity contribution in [3.8, 4) is 0 Å². The van der Waals surface area contributed by atoms with Gasteiger partial charge in [0.2, 0.25) is 0 Å². The van der Waals surface area contributed by atoms with Gasteiger partial charge >= 0.3 is 6.18 Å². The Morgan fingerprint density at radius 1 is 1.20 bits per heavy atom. The van der Waals surface area contributed by atoms with Gasteiger partial charge in [-0.05, 0) is 38.0 Å². The number of aryl methyl sites for hydroxylation is 1. The van der Waals surface area contributed by atoms with Gasteiger partial charge in [-0.3, -0.25) is 0 Å². The Morgan fingerprint density at radius 3 is 2.67 bits per heavy atom. The van der Waals surface area contributed by atoms with Crippen LogP contribution in [0.4, 0.5) is 24.8 Å². The summed E-state index contributed by atoms with van der Waals surface area (Å²) in [6.07, 6.45) is -2.72. The van der Waals surface area contributed by atoms with Crippen molar-refractivity contribution in [2.45, 2.75) is 39.6 Å². The molecule has 1 aliphatic heterocycles. The largest absolute Gasteiger partial charge is 0.453 e. The Kier molecular flexibility index (Phi) is 5.22. The molecule has 1 saturated heterocycles. The van der Waals surface area contributed by atoms with Gasteiger partial charge < -0.3 is 15.0 Å². The first-order chi connectivity index (χ1) is 14.2. The zero-order valence-electron chi connectivity index (χ0n) is 16.9. The molecule has 4 rings (SSSR count). The van der Waals surface area contributed by atoms with E-state index in [-0.39, 0.29) is 11.8 Å². The minimum absolute atomic E-state index is 0.0936. The lowest BCUT2D eigenvalue weighted by molar-refractivity contribution is -0.146. The van der Waals surface area contributed by atoms with Crippen LogP contribution in [0.3, 0.4) is 0 Å². The van der Waals surface area contributed by atoms with E-state index in [1.807, 2.05) is 19.1 Å². The predicted octanol–water partition coefficient (Wildman–Crippen LogP) is 2.99. The second-order valence-electron chi connectivity index (χ2n) is 7.36. The van der Waals surface area contributed by atoms with Crippen LogP contribution < -0.4 is 10.2 Å². The Morgan fingerprint density at radius 2 is 2.00 bits per heavy atom. The van der Waals surface area contributed by atoms with Crippen LogP contribution in [-0.4, -0.2) is 50.6 Å². The molecule has 8 nitrogen and oxygen atoms in total. The molecule has 1 fully saturated rings. The molecule has 0 saturated carbocycles. The molecule has 0 radical (unpaired) electrons. The molecule has 1 atom stereocenters. The smallest absolute Gasteiger partial charge is 0.375 e. The summed E-state index contributed by atoms with van der Waals surface area (Å²) in [6.45, 7) is 8.13. The molecule has 1 N–H and O–H groups in total. The second-order valence-corrected chi connectivity index (χ2v) is 7.36. The van der Waals surface area contributed by atoms with Crippen molar-refractivity contribution in [2.75, 3.05) is 29.9 Å². The molecule has 0 amide bonds. The number of pyridine rings is 1. The van der Waals surface area contributed by atoms with Gasteiger partial charge in [0, 0.05) is 31.4 Å². The molecular weight excluding hydrogens is 399 g/mol. The van der Waals surface area contributed by atoms with Crippen molar-refractivity contribution in [1.82, 2.24) is 24.8 Å². The van der Waals surface area contributed by atoms with Crippen LogP contribution in [0, 0.1) is 13.8 Å². The lowest BCUT2D eigenvalue weighted by Gasteiger charge is -2.32. The predicted molar refractivity (Wildman–Crippen MR) is 104 cm³/mol. The normalized spacial score (nSPS) is 17.5. The van der Waals surface area contributed by atoms with Gasteiger partial charge in [-0.15, -0.1) is 15.3 Å². The highest BCUT2D eigenvalue weighted by molar-refractivity contribution is 5.58. The highest BCUT2D eigenvalue weighted by Gasteiger charge is 2.38. The third-order valence-corrected chi connectivity index (χ3v) is 5.18. The van der Waals surface area contributed by atoms with Crippen LogP contribution in [0.2, 0.25) is 0 Å². The van der Waals surface area contributed by atoms with Gasteiger partial charge in [-0.1, -0.05) is 6.07 Å². The number of nitrogens with one attached hydrogen (secondary N) is 1. The molecule has 0 aromatic carbocycles. The fraction of sp³-hybridized carbons (Fsp3) is 0.474. The van der Waals surface area contributed by atoms with E-state index >= 15 is 0 Å². The summed E-state index contributed by atoms with van der Waals surface area (Å²) in [5.41, 5.74) is 2.29. The van der Waals surface area contributed by atoms with E-state index < -0.39 is 12.0 Å². The Hall–Kier alpha value is -2.95. The van der Waals surface area contributed by atoms with E-state index in [4.69, 9.17) is 4.74 Å². The average molecular weight is 421 g/mol. The molecule has 30 heavy (non-hydrogen) atoms. The van der Waals surface area contributed by atoms with Gasteiger partial charge in [-0.2, -0.15) is 17.7 Å². The van der Waals surface area contributed by atoms with Crippen molar-refractivity contribution in [3.63, 3.8) is 0 Å². The van der Waals surface area contributed by atoms with Crippen molar-refractivity contribution in [2.24, 2.45) is 0 Å². The minimum atomic E-state index is -4.64. The monoisotopic (exact) mass is 421 g/mol. The number of ether oxygens (including phenoxy) is 1. The number of nitrogens with zero attached hydrogens (tertiary/aromatic N) is 6. The zero-order valence-corrected chi connectivity index (χ0v) is 16.9. The summed E-state index contributed by atoms with van der Waals surface area (Å²) in [5, 5.41) is 14.1. The van der Waals surface area contributed by atoms with Crippen molar-refractivity contribution < 1.29 is 17.9 Å². The molecule has 160 valence electrons. The third kappa shape index (κ3) is 3.89. The molecule has 4 heterocycles. The summed E-state index contributed by atoms with van der Waals surface area (Å²) in [7, 11) is 0. The molecule has 3 aromatic rings. The molecule has 0 bridgehead atoms. The lowest BCUT2D eigenvalue weighted by Crippen LogP contribution is -2.41. The number of halogens is 3. The van der Waals surface area contributed by atoms with Gasteiger partial charge in [-0.25, -0.2) is 4.98 Å². The molecule has 0 spiro atoms. The summed E-state index contributed by atoms with van der Waals surface area (Å²) in [6, 6.07) is 3.88. The van der Waals surface area contributed by atoms with Crippen LogP contribution in [0.5, 0.6) is 0 Å². The lowest BCUT2D eigenvalue weighted by atomic mass is 10.2. The first-order valence-electron chi connectivity index (χ1n) is 9.59. The van der Waals surface area contributed by atoms with E-state index in [2.05, 4.69) is 30.5 Å². The van der Waals surface area contributed by atoms with E-state index in [9.17, 15) is 13.2 Å². The van der Waals surface area contributed by atoms with E-state index in [1.54, 1.807) is 20.0 Å². The molecular formula is C19H22F3N7O. The van der Waals surface area contributed by atoms with Gasteiger partial charge in [0.1, 0.15) is 5.82 Å². The standard InChI is InChI=1S/C19H22F3N7O/c1-11-10-28(6-7-30-11)15-5-4-14(8-23-15)9-24-16-12(2)13(3)17-25-26-18(19(20,21)22)29(17)27-16/h4-5,8,11H,6-7,9-10H2,1-3H3,(H,24,27). The molecule has 0 aliphatic carbocycles. The molecule has 1 aliphatic rings. The number of anilines is 2. The maximum Gasteiger partial charge on any atom is 0.453 e. The van der Waals surface area contributed by atoms with Crippen molar-refractivity contribution >= 4 is 17.3 Å². The maximum absolute atomic E-state index is 13.2. The minimum Gasteiger partial charge on any atom is -0.375 e. The first kappa shape index (κ1) is 20.3. The van der Waals surface area contributed by atoms with Crippen LogP contribution in [-0.2, 0) is 17.5 Å². The summed E-state index contributed by atoms with van der Waals surface area (Å²) >= 11 is 0. The quantitative estimate of drug-likeness (QED) is 0.694. The maximum atomic E-state index is 13.2. The Bertz CT molecular complexity index is 1050. The Balaban J connectivity index is 1.52. The second kappa shape index (κ2) is 7.71. The number of morpholine rings is 1. The number of hydrogen-bond acceptors (Lipinski definition) is 7. The van der Waals surface area contributed by atoms with E-state index in [1.165, 1.54) is 0 Å². The summed E-state index contributed by atoms with van der Waals surface area (Å²) in [5.74, 6) is 0.0746. The topological polar surface area (TPSA) is 80.5 Å². The van der Waals surface area contributed by atoms with E-state index in [0.29, 0.717) is 24.5 Å². The van der Waals surface area contributed by atoms with Crippen LogP contribution in [0.25, 0.3) is 5.65 Å². The number of fused-ring (bicyclic) bond motifs is 1. The van der Waals surface area contributed by atoms with Crippen molar-refractivity contribution in [1.29, 1.82) is 0 Å². The van der Waals surface area contributed by atoms with E-state index in [0.717, 1.165) is 34.5 Å². The first-order valence-corrected chi connectivity index (χ1v) is 9.59. The van der Waals surface area contributed by atoms with Crippen LogP contribution in [0.1, 0.15) is 29.4 Å². The Labute approximate surface area is 171 Å².